The van der Waals surface area contributed by atoms with Gasteiger partial charge in [0.1, 0.15) is 6.29 Å². The van der Waals surface area contributed by atoms with Crippen molar-refractivity contribution in [2.45, 2.75) is 26.4 Å². The van der Waals surface area contributed by atoms with Gasteiger partial charge in [0.25, 0.3) is 0 Å². The fraction of sp³-hybridized carbons (Fsp3) is 0.625. The molecular weight excluding hydrogens is 128 g/mol. The van der Waals surface area contributed by atoms with Crippen LogP contribution in [0.15, 0.2) is 12.7 Å². The minimum absolute atomic E-state index is 0.464. The third-order valence-electron chi connectivity index (χ3n) is 1.55. The molecule has 0 saturated carbocycles. The molecule has 0 aliphatic rings. The standard InChI is InChI=1S/C8H14O2/c1-4-5-7(10)8(2,3)6-9/h4,6-7,10H,1,5H2,2-3H3/t7-/m1/s1. The number of carbonyl (C=O) groups excluding carboxylic acids is 1. The highest BCUT2D eigenvalue weighted by molar-refractivity contribution is 5.58. The molecule has 0 aliphatic carbocycles. The van der Waals surface area contributed by atoms with E-state index in [1.807, 2.05) is 0 Å². The summed E-state index contributed by atoms with van der Waals surface area (Å²) in [6.45, 7) is 6.88. The highest BCUT2D eigenvalue weighted by Gasteiger charge is 2.25. The minimum atomic E-state index is -0.645. The van der Waals surface area contributed by atoms with E-state index in [1.165, 1.54) is 0 Å². The maximum atomic E-state index is 10.3. The largest absolute Gasteiger partial charge is 0.392 e. The minimum Gasteiger partial charge on any atom is -0.392 e. The quantitative estimate of drug-likeness (QED) is 0.472. The van der Waals surface area contributed by atoms with Gasteiger partial charge in [0, 0.05) is 5.41 Å². The Labute approximate surface area is 61.6 Å². The molecule has 0 radical (unpaired) electrons. The summed E-state index contributed by atoms with van der Waals surface area (Å²) in [6, 6.07) is 0. The van der Waals surface area contributed by atoms with Crippen molar-refractivity contribution in [1.29, 1.82) is 0 Å². The second kappa shape index (κ2) is 3.52. The fourth-order valence-corrected chi connectivity index (χ4v) is 0.540. The first kappa shape index (κ1) is 9.37. The second-order valence-electron chi connectivity index (χ2n) is 2.98. The fourth-order valence-electron chi connectivity index (χ4n) is 0.540. The molecule has 0 aromatic rings. The predicted molar refractivity (Wildman–Crippen MR) is 40.7 cm³/mol. The van der Waals surface area contributed by atoms with Crippen LogP contribution in [0.2, 0.25) is 0 Å². The molecule has 1 atom stereocenters. The van der Waals surface area contributed by atoms with E-state index in [-0.39, 0.29) is 0 Å². The summed E-state index contributed by atoms with van der Waals surface area (Å²) in [6.07, 6.45) is 2.23. The van der Waals surface area contributed by atoms with E-state index in [9.17, 15) is 9.90 Å². The molecule has 2 nitrogen and oxygen atoms in total. The van der Waals surface area contributed by atoms with Crippen LogP contribution in [-0.2, 0) is 4.79 Å². The van der Waals surface area contributed by atoms with Crippen molar-refractivity contribution in [2.75, 3.05) is 0 Å². The summed E-state index contributed by atoms with van der Waals surface area (Å²) >= 11 is 0. The van der Waals surface area contributed by atoms with Crippen molar-refractivity contribution >= 4 is 6.29 Å². The highest BCUT2D eigenvalue weighted by Crippen LogP contribution is 2.19. The van der Waals surface area contributed by atoms with Gasteiger partial charge < -0.3 is 9.90 Å². The Morgan fingerprint density at radius 3 is 2.50 bits per heavy atom. The lowest BCUT2D eigenvalue weighted by molar-refractivity contribution is -0.119. The van der Waals surface area contributed by atoms with Gasteiger partial charge in [0.15, 0.2) is 0 Å². The molecule has 0 spiro atoms. The third-order valence-corrected chi connectivity index (χ3v) is 1.55. The van der Waals surface area contributed by atoms with Gasteiger partial charge in [-0.1, -0.05) is 19.9 Å². The molecule has 0 unspecified atom stereocenters. The van der Waals surface area contributed by atoms with Crippen molar-refractivity contribution in [2.24, 2.45) is 5.41 Å². The van der Waals surface area contributed by atoms with Crippen molar-refractivity contribution in [3.05, 3.63) is 12.7 Å². The van der Waals surface area contributed by atoms with Gasteiger partial charge in [-0.05, 0) is 6.42 Å². The molecule has 0 bridgehead atoms. The lowest BCUT2D eigenvalue weighted by atomic mass is 9.87. The number of aliphatic hydroxyl groups is 1. The van der Waals surface area contributed by atoms with Gasteiger partial charge in [-0.3, -0.25) is 0 Å². The van der Waals surface area contributed by atoms with Crippen LogP contribution in [0.1, 0.15) is 20.3 Å². The zero-order chi connectivity index (χ0) is 8.20. The van der Waals surface area contributed by atoms with Gasteiger partial charge >= 0.3 is 0 Å². The molecule has 0 aromatic carbocycles. The molecule has 58 valence electrons. The molecular formula is C8H14O2. The second-order valence-corrected chi connectivity index (χ2v) is 2.98. The summed E-state index contributed by atoms with van der Waals surface area (Å²) in [5.74, 6) is 0. The Hall–Kier alpha value is -0.630. The lowest BCUT2D eigenvalue weighted by Gasteiger charge is -2.22. The maximum Gasteiger partial charge on any atom is 0.128 e. The SMILES string of the molecule is C=CC[C@@H](O)C(C)(C)C=O. The van der Waals surface area contributed by atoms with Crippen LogP contribution in [0.3, 0.4) is 0 Å². The van der Waals surface area contributed by atoms with Crippen LogP contribution in [-0.4, -0.2) is 17.5 Å². The lowest BCUT2D eigenvalue weighted by Crippen LogP contribution is -2.29. The Bertz CT molecular complexity index is 127. The maximum absolute atomic E-state index is 10.3. The average Bonchev–Trinajstić information content (AvgIpc) is 1.89. The van der Waals surface area contributed by atoms with Gasteiger partial charge in [0.05, 0.1) is 6.10 Å². The monoisotopic (exact) mass is 142 g/mol. The number of rotatable bonds is 4. The van der Waals surface area contributed by atoms with Crippen LogP contribution < -0.4 is 0 Å². The molecule has 10 heavy (non-hydrogen) atoms. The smallest absolute Gasteiger partial charge is 0.128 e. The third kappa shape index (κ3) is 2.31. The molecule has 0 rings (SSSR count). The van der Waals surface area contributed by atoms with Crippen LogP contribution in [0, 0.1) is 5.41 Å². The summed E-state index contributed by atoms with van der Waals surface area (Å²) < 4.78 is 0. The van der Waals surface area contributed by atoms with Gasteiger partial charge in [-0.15, -0.1) is 6.58 Å². The summed E-state index contributed by atoms with van der Waals surface area (Å²) in [4.78, 5) is 10.3. The Kier molecular flexibility index (Phi) is 3.30. The van der Waals surface area contributed by atoms with Crippen LogP contribution >= 0.6 is 0 Å². The van der Waals surface area contributed by atoms with Crippen LogP contribution in [0.4, 0.5) is 0 Å². The van der Waals surface area contributed by atoms with Crippen LogP contribution in [0.25, 0.3) is 0 Å². The van der Waals surface area contributed by atoms with E-state index in [2.05, 4.69) is 6.58 Å². The number of aliphatic hydroxyl groups excluding tert-OH is 1. The molecule has 0 saturated heterocycles. The van der Waals surface area contributed by atoms with Crippen molar-refractivity contribution in [3.8, 4) is 0 Å². The zero-order valence-corrected chi connectivity index (χ0v) is 6.50. The summed E-state index contributed by atoms with van der Waals surface area (Å²) in [5.41, 5.74) is -0.645. The van der Waals surface area contributed by atoms with E-state index in [0.717, 1.165) is 6.29 Å². The molecule has 2 heteroatoms. The van der Waals surface area contributed by atoms with Gasteiger partial charge in [0.2, 0.25) is 0 Å². The first-order valence-electron chi connectivity index (χ1n) is 3.30. The van der Waals surface area contributed by atoms with Crippen molar-refractivity contribution in [1.82, 2.24) is 0 Å². The molecule has 0 aliphatic heterocycles. The van der Waals surface area contributed by atoms with Crippen molar-refractivity contribution < 1.29 is 9.90 Å². The Balaban J connectivity index is 4.02. The number of hydrogen-bond donors (Lipinski definition) is 1. The number of carbonyl (C=O) groups is 1. The normalized spacial score (nSPS) is 14.3. The first-order chi connectivity index (χ1) is 4.54. The van der Waals surface area contributed by atoms with Gasteiger partial charge in [-0.25, -0.2) is 0 Å². The predicted octanol–water partition coefficient (Wildman–Crippen LogP) is 1.15. The molecule has 0 aromatic heterocycles. The molecule has 0 fully saturated rings. The number of aldehydes is 1. The Morgan fingerprint density at radius 1 is 1.70 bits per heavy atom. The van der Waals surface area contributed by atoms with Crippen LogP contribution in [0.5, 0.6) is 0 Å². The molecule has 1 N–H and O–H groups in total. The van der Waals surface area contributed by atoms with Gasteiger partial charge in [-0.2, -0.15) is 0 Å². The topological polar surface area (TPSA) is 37.3 Å². The van der Waals surface area contributed by atoms with E-state index in [0.29, 0.717) is 6.42 Å². The van der Waals surface area contributed by atoms with E-state index < -0.39 is 11.5 Å². The first-order valence-corrected chi connectivity index (χ1v) is 3.30. The summed E-state index contributed by atoms with van der Waals surface area (Å²) in [5, 5.41) is 9.27. The summed E-state index contributed by atoms with van der Waals surface area (Å²) in [7, 11) is 0. The van der Waals surface area contributed by atoms with E-state index >= 15 is 0 Å². The number of hydrogen-bond acceptors (Lipinski definition) is 2. The zero-order valence-electron chi connectivity index (χ0n) is 6.50. The van der Waals surface area contributed by atoms with E-state index in [1.54, 1.807) is 19.9 Å². The van der Waals surface area contributed by atoms with Crippen molar-refractivity contribution in [3.63, 3.8) is 0 Å². The highest BCUT2D eigenvalue weighted by atomic mass is 16.3. The van der Waals surface area contributed by atoms with E-state index in [4.69, 9.17) is 0 Å². The molecule has 0 heterocycles. The Morgan fingerprint density at radius 2 is 2.20 bits per heavy atom. The average molecular weight is 142 g/mol. The molecule has 0 amide bonds.